The van der Waals surface area contributed by atoms with E-state index in [1.54, 1.807) is 0 Å². The van der Waals surface area contributed by atoms with Gasteiger partial charge in [0.1, 0.15) is 0 Å². The van der Waals surface area contributed by atoms with E-state index < -0.39 is 0 Å². The van der Waals surface area contributed by atoms with Gasteiger partial charge >= 0.3 is 0 Å². The van der Waals surface area contributed by atoms with Crippen LogP contribution in [0, 0.1) is 5.92 Å². The van der Waals surface area contributed by atoms with Crippen LogP contribution in [0.1, 0.15) is 75.2 Å². The summed E-state index contributed by atoms with van der Waals surface area (Å²) < 4.78 is 0. The Hall–Kier alpha value is 0. The molecular formula is C12H32. The molecule has 0 aliphatic rings. The normalized spacial score (nSPS) is 6.50. The monoisotopic (exact) mass is 176 g/mol. The van der Waals surface area contributed by atoms with Crippen LogP contribution < -0.4 is 0 Å². The van der Waals surface area contributed by atoms with Crippen LogP contribution in [-0.2, 0) is 0 Å². The molecule has 0 aliphatic heterocycles. The second kappa shape index (κ2) is 44.0. The SMILES string of the molecule is CC.CC.CC.CCC(C)CC. The highest BCUT2D eigenvalue weighted by Crippen LogP contribution is 2.02. The average molecular weight is 176 g/mol. The van der Waals surface area contributed by atoms with Crippen molar-refractivity contribution in [3.63, 3.8) is 0 Å². The van der Waals surface area contributed by atoms with Crippen LogP contribution in [0.3, 0.4) is 0 Å². The van der Waals surface area contributed by atoms with Gasteiger partial charge in [0.2, 0.25) is 0 Å². The second-order valence-corrected chi connectivity index (χ2v) is 1.92. The van der Waals surface area contributed by atoms with Crippen molar-refractivity contribution in [1.82, 2.24) is 0 Å². The summed E-state index contributed by atoms with van der Waals surface area (Å²) in [6.07, 6.45) is 2.66. The van der Waals surface area contributed by atoms with E-state index in [4.69, 9.17) is 0 Å². The lowest BCUT2D eigenvalue weighted by Gasteiger charge is -1.98. The maximum absolute atomic E-state index is 2.28. The quantitative estimate of drug-likeness (QED) is 0.519. The van der Waals surface area contributed by atoms with Gasteiger partial charge in [0.25, 0.3) is 0 Å². The minimum absolute atomic E-state index is 0.935. The van der Waals surface area contributed by atoms with Crippen molar-refractivity contribution in [2.24, 2.45) is 5.92 Å². The molecule has 0 spiro atoms. The summed E-state index contributed by atoms with van der Waals surface area (Å²) in [5.74, 6) is 0.935. The maximum atomic E-state index is 2.28. The van der Waals surface area contributed by atoms with Crippen LogP contribution in [0.4, 0.5) is 0 Å². The van der Waals surface area contributed by atoms with Gasteiger partial charge in [0.05, 0.1) is 0 Å². The van der Waals surface area contributed by atoms with Crippen molar-refractivity contribution in [2.75, 3.05) is 0 Å². The van der Waals surface area contributed by atoms with Gasteiger partial charge in [-0.3, -0.25) is 0 Å². The third-order valence-electron chi connectivity index (χ3n) is 1.39. The minimum atomic E-state index is 0.935. The predicted octanol–water partition coefficient (Wildman–Crippen LogP) is 5.52. The Morgan fingerprint density at radius 3 is 0.833 bits per heavy atom. The van der Waals surface area contributed by atoms with Crippen LogP contribution in [0.15, 0.2) is 0 Å². The van der Waals surface area contributed by atoms with Gasteiger partial charge in [-0.2, -0.15) is 0 Å². The topological polar surface area (TPSA) is 0 Å². The van der Waals surface area contributed by atoms with E-state index in [2.05, 4.69) is 20.8 Å². The van der Waals surface area contributed by atoms with Crippen molar-refractivity contribution < 1.29 is 0 Å². The molecule has 0 unspecified atom stereocenters. The standard InChI is InChI=1S/C6H14.3C2H6/c1-4-6(3)5-2;3*1-2/h6H,4-5H2,1-3H3;3*1-2H3. The van der Waals surface area contributed by atoms with Crippen LogP contribution in [0.5, 0.6) is 0 Å². The molecule has 0 heterocycles. The fraction of sp³-hybridized carbons (Fsp3) is 1.00. The lowest BCUT2D eigenvalue weighted by atomic mass is 10.1. The molecule has 0 nitrogen and oxygen atoms in total. The molecule has 0 atom stereocenters. The third-order valence-corrected chi connectivity index (χ3v) is 1.39. The van der Waals surface area contributed by atoms with Gasteiger partial charge in [0, 0.05) is 0 Å². The van der Waals surface area contributed by atoms with Gasteiger partial charge in [-0.05, 0) is 5.92 Å². The summed E-state index contributed by atoms with van der Waals surface area (Å²) >= 11 is 0. The summed E-state index contributed by atoms with van der Waals surface area (Å²) in [7, 11) is 0. The van der Waals surface area contributed by atoms with Gasteiger partial charge in [-0.25, -0.2) is 0 Å². The molecule has 0 saturated heterocycles. The van der Waals surface area contributed by atoms with E-state index in [9.17, 15) is 0 Å². The third kappa shape index (κ3) is 50.6. The fourth-order valence-electron chi connectivity index (χ4n) is 0.289. The van der Waals surface area contributed by atoms with E-state index in [0.29, 0.717) is 0 Å². The zero-order chi connectivity index (χ0) is 11.0. The Balaban J connectivity index is -0.0000000453. The fourth-order valence-corrected chi connectivity index (χ4v) is 0.289. The summed E-state index contributed by atoms with van der Waals surface area (Å²) in [6, 6.07) is 0. The first-order valence-electron chi connectivity index (χ1n) is 5.81. The molecule has 0 aromatic carbocycles. The molecule has 0 aliphatic carbocycles. The second-order valence-electron chi connectivity index (χ2n) is 1.92. The van der Waals surface area contributed by atoms with E-state index in [-0.39, 0.29) is 0 Å². The van der Waals surface area contributed by atoms with Crippen molar-refractivity contribution >= 4 is 0 Å². The number of rotatable bonds is 2. The van der Waals surface area contributed by atoms with Gasteiger partial charge in [-0.15, -0.1) is 0 Å². The highest BCUT2D eigenvalue weighted by Gasteiger charge is 1.88. The lowest BCUT2D eigenvalue weighted by molar-refractivity contribution is 0.544. The summed E-state index contributed by atoms with van der Waals surface area (Å²) in [4.78, 5) is 0. The first-order chi connectivity index (χ1) is 5.81. The first kappa shape index (κ1) is 22.7. The molecule has 80 valence electrons. The molecule has 0 radical (unpaired) electrons. The van der Waals surface area contributed by atoms with E-state index in [1.165, 1.54) is 12.8 Å². The van der Waals surface area contributed by atoms with Gasteiger partial charge in [-0.1, -0.05) is 75.2 Å². The van der Waals surface area contributed by atoms with Crippen molar-refractivity contribution in [3.8, 4) is 0 Å². The minimum Gasteiger partial charge on any atom is -0.0683 e. The molecule has 0 heteroatoms. The van der Waals surface area contributed by atoms with Crippen molar-refractivity contribution in [3.05, 3.63) is 0 Å². The Labute approximate surface area is 81.8 Å². The molecule has 0 amide bonds. The zero-order valence-corrected chi connectivity index (χ0v) is 11.0. The molecule has 0 saturated carbocycles. The number of hydrogen-bond donors (Lipinski definition) is 0. The summed E-state index contributed by atoms with van der Waals surface area (Å²) in [6.45, 7) is 18.7. The Kier molecular flexibility index (Phi) is 83.2. The largest absolute Gasteiger partial charge is 0.0683 e. The van der Waals surface area contributed by atoms with E-state index in [1.807, 2.05) is 41.5 Å². The summed E-state index contributed by atoms with van der Waals surface area (Å²) in [5.41, 5.74) is 0. The smallest absolute Gasteiger partial charge is 0.0448 e. The van der Waals surface area contributed by atoms with Crippen LogP contribution in [-0.4, -0.2) is 0 Å². The van der Waals surface area contributed by atoms with Gasteiger partial charge in [0.15, 0.2) is 0 Å². The molecule has 0 N–H and O–H groups in total. The van der Waals surface area contributed by atoms with Crippen molar-refractivity contribution in [1.29, 1.82) is 0 Å². The van der Waals surface area contributed by atoms with Gasteiger partial charge < -0.3 is 0 Å². The molecule has 0 fully saturated rings. The Morgan fingerprint density at radius 1 is 0.667 bits per heavy atom. The molecule has 0 rings (SSSR count). The summed E-state index contributed by atoms with van der Waals surface area (Å²) in [5, 5.41) is 0. The maximum Gasteiger partial charge on any atom is -0.0448 e. The van der Waals surface area contributed by atoms with Crippen LogP contribution >= 0.6 is 0 Å². The van der Waals surface area contributed by atoms with Crippen molar-refractivity contribution in [2.45, 2.75) is 75.2 Å². The van der Waals surface area contributed by atoms with Crippen LogP contribution in [0.2, 0.25) is 0 Å². The highest BCUT2D eigenvalue weighted by atomic mass is 13.9. The van der Waals surface area contributed by atoms with E-state index in [0.717, 1.165) is 5.92 Å². The average Bonchev–Trinajstić information content (AvgIpc) is 2.25. The Bertz CT molecular complexity index is 19.2. The first-order valence-corrected chi connectivity index (χ1v) is 5.81. The molecular weight excluding hydrogens is 144 g/mol. The predicted molar refractivity (Wildman–Crippen MR) is 63.8 cm³/mol. The number of hydrogen-bond acceptors (Lipinski definition) is 0. The molecule has 0 aromatic heterocycles. The Morgan fingerprint density at radius 2 is 0.833 bits per heavy atom. The molecule has 0 bridgehead atoms. The lowest BCUT2D eigenvalue weighted by Crippen LogP contribution is -1.85. The van der Waals surface area contributed by atoms with Crippen LogP contribution in [0.25, 0.3) is 0 Å². The highest BCUT2D eigenvalue weighted by molar-refractivity contribution is 4.41. The molecule has 0 aromatic rings. The molecule has 12 heavy (non-hydrogen) atoms. The van der Waals surface area contributed by atoms with E-state index >= 15 is 0 Å². The zero-order valence-electron chi connectivity index (χ0n) is 11.0.